The molecule has 0 saturated carbocycles. The summed E-state index contributed by atoms with van der Waals surface area (Å²) < 4.78 is 6.54. The van der Waals surface area contributed by atoms with Crippen molar-refractivity contribution in [1.82, 2.24) is 81.1 Å². The van der Waals surface area contributed by atoms with Gasteiger partial charge in [-0.1, -0.05) is 122 Å². The number of hydrogen-bond donors (Lipinski definition) is 5. The lowest BCUT2D eigenvalue weighted by Gasteiger charge is -2.43. The quantitative estimate of drug-likeness (QED) is 0.0670. The normalized spacial score (nSPS) is 25.0. The Balaban J connectivity index is 3.04. The number of likely N-dealkylation sites (N-methyl/N-ethyl adjacent to an activating group) is 6. The summed E-state index contributed by atoms with van der Waals surface area (Å²) in [5.74, 6) is -11.3. The monoisotopic (exact) mass is 1420 g/mol. The van der Waals surface area contributed by atoms with Crippen LogP contribution in [0.4, 0.5) is 4.79 Å². The Hall–Kier alpha value is -7.47. The van der Waals surface area contributed by atoms with Gasteiger partial charge in [0.15, 0.2) is 11.8 Å². The standard InChI is InChI=1S/C68H120N16O14S/c1-27-46-62(93)78(19)45(15)61(92)83(24)54(68(16,17)36-77(18)67(97)98-26)59(90)72-50(40(8)9)65(96)79(20)47(33-37(2)3)56(87)69-43(13)55(86)70-44(14)60(91)80(21)48(34-38(4)5)63(94)81(22)49(35-39(6)7)64(95)82(23)52(41(10)11)58(89)73-51(57(88)71-46)53(85)42(12)31-29-28-30-32-99-66-74-75-76-84(66)25/h37-52,54H,27-36H2,1-26H3,(H,69,87)(H,70,86)(H,71,88)(H,72,90)(H,73,89)/t42-,43+,44-,45-,46+,47+,48+,49+,50+,51+,52+,54-/m1/s1. The fourth-order valence-electron chi connectivity index (χ4n) is 12.4. The van der Waals surface area contributed by atoms with Crippen LogP contribution >= 0.6 is 11.8 Å². The number of aromatic nitrogens is 4. The minimum absolute atomic E-state index is 0.0838. The molecule has 1 saturated heterocycles. The summed E-state index contributed by atoms with van der Waals surface area (Å²) in [6, 6.07) is -15.1. The number of rotatable bonds is 21. The molecular weight excluding hydrogens is 1300 g/mol. The summed E-state index contributed by atoms with van der Waals surface area (Å²) >= 11 is 1.47. The molecule has 0 spiro atoms. The van der Waals surface area contributed by atoms with Gasteiger partial charge in [-0.3, -0.25) is 57.5 Å². The van der Waals surface area contributed by atoms with Crippen LogP contribution in [0.2, 0.25) is 0 Å². The van der Waals surface area contributed by atoms with E-state index < -0.39 is 166 Å². The summed E-state index contributed by atoms with van der Waals surface area (Å²) in [6.45, 7) is 28.3. The van der Waals surface area contributed by atoms with Crippen LogP contribution in [-0.4, -0.2) is 267 Å². The van der Waals surface area contributed by atoms with E-state index in [1.54, 1.807) is 67.1 Å². The number of methoxy groups -OCH3 is 1. The lowest BCUT2D eigenvalue weighted by Crippen LogP contribution is -2.64. The predicted molar refractivity (Wildman–Crippen MR) is 375 cm³/mol. The van der Waals surface area contributed by atoms with Gasteiger partial charge in [-0.05, 0) is 99.3 Å². The molecule has 2 rings (SSSR count). The van der Waals surface area contributed by atoms with Crippen molar-refractivity contribution in [2.75, 3.05) is 68.7 Å². The molecule has 0 aliphatic carbocycles. The van der Waals surface area contributed by atoms with Crippen LogP contribution in [0.5, 0.6) is 0 Å². The molecule has 0 bridgehead atoms. The van der Waals surface area contributed by atoms with Crippen molar-refractivity contribution in [3.63, 3.8) is 0 Å². The fourth-order valence-corrected chi connectivity index (χ4v) is 13.3. The molecule has 0 aromatic carbocycles. The summed E-state index contributed by atoms with van der Waals surface area (Å²) in [4.78, 5) is 199. The number of amides is 12. The maximum atomic E-state index is 15.2. The molecule has 99 heavy (non-hydrogen) atoms. The number of Topliss-reactive ketones (excluding diaryl/α,β-unsaturated/α-hetero) is 1. The average molecular weight is 1420 g/mol. The van der Waals surface area contributed by atoms with Gasteiger partial charge in [-0.2, -0.15) is 0 Å². The summed E-state index contributed by atoms with van der Waals surface area (Å²) in [5.41, 5.74) is -1.35. The molecule has 2 heterocycles. The van der Waals surface area contributed by atoms with Crippen molar-refractivity contribution in [1.29, 1.82) is 0 Å². The van der Waals surface area contributed by atoms with E-state index in [1.165, 1.54) is 113 Å². The zero-order valence-corrected chi connectivity index (χ0v) is 64.7. The van der Waals surface area contributed by atoms with Gasteiger partial charge in [-0.25, -0.2) is 9.48 Å². The van der Waals surface area contributed by atoms with Gasteiger partial charge in [0.1, 0.15) is 60.4 Å². The van der Waals surface area contributed by atoms with Crippen LogP contribution in [0.1, 0.15) is 169 Å². The Kier molecular flexibility index (Phi) is 35.0. The van der Waals surface area contributed by atoms with Crippen molar-refractivity contribution in [2.45, 2.75) is 241 Å². The first-order valence-electron chi connectivity index (χ1n) is 34.6. The number of tetrazole rings is 1. The number of nitrogens with one attached hydrogen (secondary N) is 5. The van der Waals surface area contributed by atoms with Crippen LogP contribution in [0.15, 0.2) is 5.16 Å². The third-order valence-corrected chi connectivity index (χ3v) is 19.5. The fraction of sp³-hybridized carbons (Fsp3) is 0.794. The number of hydrogen-bond acceptors (Lipinski definition) is 18. The highest BCUT2D eigenvalue weighted by molar-refractivity contribution is 7.99. The molecule has 1 aromatic heterocycles. The second-order valence-electron chi connectivity index (χ2n) is 29.4. The molecule has 30 nitrogen and oxygen atoms in total. The van der Waals surface area contributed by atoms with Crippen molar-refractivity contribution < 1.29 is 67.1 Å². The lowest BCUT2D eigenvalue weighted by atomic mass is 9.81. The molecule has 5 N–H and O–H groups in total. The van der Waals surface area contributed by atoms with Crippen LogP contribution in [0.25, 0.3) is 0 Å². The van der Waals surface area contributed by atoms with Gasteiger partial charge >= 0.3 is 6.09 Å². The largest absolute Gasteiger partial charge is 0.453 e. The molecule has 12 amide bonds. The highest BCUT2D eigenvalue weighted by Gasteiger charge is 2.47. The first kappa shape index (κ1) is 87.6. The Morgan fingerprint density at radius 1 is 0.556 bits per heavy atom. The SMILES string of the molecule is CC[C@@H]1NC(=O)[C@H](C(=O)[C@H](C)CCCCCSc2nnnn2C)NC(=O)[C@H](C(C)C)N(C)C(=O)[C@H](CC(C)C)N(C)C(=O)[C@H](CC(C)C)N(C)C(=O)[C@@H](C)NC(=O)[C@H](C)NC(=O)[C@H](CC(C)C)N(C)C(=O)[C@H](C(C)C)NC(=O)[C@H](C(C)(C)CN(C)C(=O)OC)N(C)C(=O)[C@@H](C)N(C)C1=O. The Labute approximate surface area is 591 Å². The number of carbonyl (C=O) groups excluding carboxylic acids is 13. The van der Waals surface area contributed by atoms with E-state index in [0.29, 0.717) is 30.2 Å². The molecule has 12 atom stereocenters. The second-order valence-corrected chi connectivity index (χ2v) is 30.5. The highest BCUT2D eigenvalue weighted by atomic mass is 32.2. The predicted octanol–water partition coefficient (Wildman–Crippen LogP) is 3.11. The van der Waals surface area contributed by atoms with E-state index in [-0.39, 0.29) is 50.0 Å². The number of nitrogens with zero attached hydrogens (tertiary/aromatic N) is 11. The molecule has 1 fully saturated rings. The van der Waals surface area contributed by atoms with Gasteiger partial charge in [0, 0.05) is 80.0 Å². The van der Waals surface area contributed by atoms with Crippen LogP contribution in [0, 0.1) is 40.9 Å². The minimum atomic E-state index is -1.92. The van der Waals surface area contributed by atoms with Crippen molar-refractivity contribution >= 4 is 88.6 Å². The van der Waals surface area contributed by atoms with E-state index in [4.69, 9.17) is 4.74 Å². The van der Waals surface area contributed by atoms with E-state index >= 15 is 24.0 Å². The van der Waals surface area contributed by atoms with E-state index in [0.717, 1.165) is 16.2 Å². The topological polar surface area (TPSA) is 358 Å². The molecule has 1 aliphatic rings. The number of carbonyl (C=O) groups is 13. The number of thioether (sulfide) groups is 1. The van der Waals surface area contributed by atoms with Gasteiger partial charge in [0.05, 0.1) is 7.11 Å². The summed E-state index contributed by atoms with van der Waals surface area (Å²) in [7, 11) is 12.6. The molecule has 0 radical (unpaired) electrons. The number of ketones is 1. The summed E-state index contributed by atoms with van der Waals surface area (Å²) in [5, 5.41) is 25.7. The van der Waals surface area contributed by atoms with Crippen molar-refractivity contribution in [3.8, 4) is 0 Å². The Bertz CT molecular complexity index is 2960. The van der Waals surface area contributed by atoms with Crippen molar-refractivity contribution in [3.05, 3.63) is 0 Å². The first-order valence-corrected chi connectivity index (χ1v) is 35.6. The molecule has 1 aromatic rings. The maximum Gasteiger partial charge on any atom is 0.409 e. The van der Waals surface area contributed by atoms with Gasteiger partial charge in [-0.15, -0.1) is 5.10 Å². The zero-order valence-electron chi connectivity index (χ0n) is 63.9. The van der Waals surface area contributed by atoms with Gasteiger partial charge < -0.3 is 65.6 Å². The third-order valence-electron chi connectivity index (χ3n) is 18.4. The molecule has 31 heteroatoms. The molecule has 1 aliphatic heterocycles. The molecular formula is C68H120N16O14S. The zero-order chi connectivity index (χ0) is 76.2. The minimum Gasteiger partial charge on any atom is -0.453 e. The highest BCUT2D eigenvalue weighted by Crippen LogP contribution is 2.30. The molecule has 0 unspecified atom stereocenters. The maximum absolute atomic E-state index is 15.2. The molecule has 562 valence electrons. The van der Waals surface area contributed by atoms with Gasteiger partial charge in [0.25, 0.3) is 5.91 Å². The number of ether oxygens (including phenoxy) is 1. The average Bonchev–Trinajstić information content (AvgIpc) is 1.03. The third kappa shape index (κ3) is 24.4. The smallest absolute Gasteiger partial charge is 0.409 e. The Morgan fingerprint density at radius 2 is 1.07 bits per heavy atom. The van der Waals surface area contributed by atoms with E-state index in [9.17, 15) is 38.4 Å². The van der Waals surface area contributed by atoms with Crippen LogP contribution < -0.4 is 26.6 Å². The van der Waals surface area contributed by atoms with Gasteiger partial charge in [0.2, 0.25) is 64.2 Å². The van der Waals surface area contributed by atoms with Crippen molar-refractivity contribution in [2.24, 2.45) is 48.0 Å². The van der Waals surface area contributed by atoms with E-state index in [1.807, 2.05) is 41.5 Å². The second kappa shape index (κ2) is 39.5. The number of unbranched alkanes of at least 4 members (excludes halogenated alkanes) is 2. The lowest BCUT2D eigenvalue weighted by molar-refractivity contribution is -0.154. The first-order chi connectivity index (χ1) is 45.8. The number of aryl methyl sites for hydroxylation is 1. The summed E-state index contributed by atoms with van der Waals surface area (Å²) in [6.07, 6.45) is 1.74. The van der Waals surface area contributed by atoms with Crippen LogP contribution in [0.3, 0.4) is 0 Å². The van der Waals surface area contributed by atoms with Crippen LogP contribution in [-0.2, 0) is 69.3 Å². The Morgan fingerprint density at radius 3 is 1.57 bits per heavy atom. The van der Waals surface area contributed by atoms with E-state index in [2.05, 4.69) is 42.1 Å².